The standard InChI is InChI=1S/C16H17F3N4O.C15H16F2N4O2/c1-10-8-14(16(17,18)19)23-15(21-10)22-12-4-2-11(3-5-12)13-9-20-6-7-24-13;16-14(17)23-12-7-19-15(20-8-12)21-11-3-1-10(2-4-11)13-9-18-5-6-22-13/h2-5,8,13,20H,6-7,9H2,1H3,(H,21,22,23);1-4,7-8,13-14,18H,5-6,9H2,(H,19,20,21)/t2*13-/m00/s1. The second kappa shape index (κ2) is 15.9. The Bertz CT molecular complexity index is 1550. The Labute approximate surface area is 267 Å². The van der Waals surface area contributed by atoms with Crippen molar-refractivity contribution in [3.05, 3.63) is 89.5 Å². The van der Waals surface area contributed by atoms with E-state index >= 15 is 0 Å². The third-order valence-corrected chi connectivity index (χ3v) is 6.93. The number of hydrogen-bond acceptors (Lipinski definition) is 11. The number of morpholine rings is 2. The maximum Gasteiger partial charge on any atom is 0.433 e. The highest BCUT2D eigenvalue weighted by Gasteiger charge is 2.33. The van der Waals surface area contributed by atoms with Gasteiger partial charge < -0.3 is 35.5 Å². The van der Waals surface area contributed by atoms with Gasteiger partial charge in [0.15, 0.2) is 5.75 Å². The highest BCUT2D eigenvalue weighted by molar-refractivity contribution is 5.55. The van der Waals surface area contributed by atoms with Crippen LogP contribution in [-0.2, 0) is 15.7 Å². The number of ether oxygens (including phenoxy) is 3. The zero-order valence-electron chi connectivity index (χ0n) is 25.2. The minimum Gasteiger partial charge on any atom is -0.432 e. The van der Waals surface area contributed by atoms with Crippen LogP contribution in [0.1, 0.15) is 34.7 Å². The summed E-state index contributed by atoms with van der Waals surface area (Å²) in [5, 5.41) is 12.3. The van der Waals surface area contributed by atoms with Crippen LogP contribution in [0, 0.1) is 6.92 Å². The lowest BCUT2D eigenvalue weighted by molar-refractivity contribution is -0.141. The Hall–Kier alpha value is -4.51. The molecule has 4 aromatic rings. The van der Waals surface area contributed by atoms with E-state index < -0.39 is 18.5 Å². The summed E-state index contributed by atoms with van der Waals surface area (Å²) in [5.41, 5.74) is 2.79. The van der Waals surface area contributed by atoms with Crippen molar-refractivity contribution in [3.8, 4) is 5.75 Å². The van der Waals surface area contributed by atoms with E-state index in [0.29, 0.717) is 24.8 Å². The largest absolute Gasteiger partial charge is 0.433 e. The summed E-state index contributed by atoms with van der Waals surface area (Å²) >= 11 is 0. The first-order chi connectivity index (χ1) is 22.6. The zero-order chi connectivity index (χ0) is 33.2. The van der Waals surface area contributed by atoms with Crippen molar-refractivity contribution in [2.45, 2.75) is 31.9 Å². The van der Waals surface area contributed by atoms with Crippen molar-refractivity contribution in [2.24, 2.45) is 0 Å². The molecule has 2 aromatic heterocycles. The fraction of sp³-hybridized carbons (Fsp3) is 0.355. The summed E-state index contributed by atoms with van der Waals surface area (Å²) in [4.78, 5) is 15.4. The van der Waals surface area contributed by atoms with Gasteiger partial charge in [-0.3, -0.25) is 0 Å². The SMILES string of the molecule is Cc1cc(C(F)(F)F)nc(Nc2ccc([C@@H]3CNCCO3)cc2)n1.FC(F)Oc1cnc(Nc2ccc([C@@H]3CNCCO3)cc2)nc1. The molecule has 0 bridgehead atoms. The molecule has 2 fully saturated rings. The van der Waals surface area contributed by atoms with Gasteiger partial charge >= 0.3 is 12.8 Å². The van der Waals surface area contributed by atoms with E-state index in [0.717, 1.165) is 49.1 Å². The molecule has 2 saturated heterocycles. The van der Waals surface area contributed by atoms with Crippen molar-refractivity contribution in [3.63, 3.8) is 0 Å². The van der Waals surface area contributed by atoms with Crippen molar-refractivity contribution in [1.82, 2.24) is 30.6 Å². The summed E-state index contributed by atoms with van der Waals surface area (Å²) in [7, 11) is 0. The number of aryl methyl sites for hydroxylation is 1. The number of alkyl halides is 5. The molecule has 11 nitrogen and oxygen atoms in total. The van der Waals surface area contributed by atoms with E-state index in [4.69, 9.17) is 9.47 Å². The summed E-state index contributed by atoms with van der Waals surface area (Å²) in [6.07, 6.45) is -2.08. The number of aromatic nitrogens is 4. The maximum atomic E-state index is 12.8. The number of halogens is 5. The van der Waals surface area contributed by atoms with E-state index in [1.807, 2.05) is 36.4 Å². The summed E-state index contributed by atoms with van der Waals surface area (Å²) in [5.74, 6) is 0.142. The zero-order valence-corrected chi connectivity index (χ0v) is 25.2. The average Bonchev–Trinajstić information content (AvgIpc) is 3.07. The lowest BCUT2D eigenvalue weighted by Gasteiger charge is -2.24. The first kappa shape index (κ1) is 33.8. The van der Waals surface area contributed by atoms with Crippen LogP contribution in [0.5, 0.6) is 5.75 Å². The van der Waals surface area contributed by atoms with Gasteiger partial charge in [-0.15, -0.1) is 0 Å². The minimum atomic E-state index is -4.50. The van der Waals surface area contributed by atoms with E-state index in [-0.39, 0.29) is 29.6 Å². The average molecular weight is 661 g/mol. The Morgan fingerprint density at radius 2 is 1.30 bits per heavy atom. The van der Waals surface area contributed by atoms with Crippen LogP contribution in [0.2, 0.25) is 0 Å². The predicted octanol–water partition coefficient (Wildman–Crippen LogP) is 5.69. The Morgan fingerprint density at radius 1 is 0.787 bits per heavy atom. The van der Waals surface area contributed by atoms with E-state index in [1.54, 1.807) is 12.1 Å². The molecule has 0 saturated carbocycles. The molecule has 4 heterocycles. The fourth-order valence-electron chi connectivity index (χ4n) is 4.69. The number of nitrogens with zero attached hydrogens (tertiary/aromatic N) is 4. The summed E-state index contributed by atoms with van der Waals surface area (Å²) in [6.45, 7) is 3.21. The second-order valence-electron chi connectivity index (χ2n) is 10.5. The number of nitrogens with one attached hydrogen (secondary N) is 4. The smallest absolute Gasteiger partial charge is 0.432 e. The lowest BCUT2D eigenvalue weighted by Crippen LogP contribution is -2.33. The molecule has 2 aliphatic heterocycles. The molecule has 2 atom stereocenters. The lowest BCUT2D eigenvalue weighted by atomic mass is 10.1. The van der Waals surface area contributed by atoms with E-state index in [1.165, 1.54) is 19.3 Å². The van der Waals surface area contributed by atoms with Gasteiger partial charge in [-0.05, 0) is 48.4 Å². The van der Waals surface area contributed by atoms with Crippen molar-refractivity contribution < 1.29 is 36.2 Å². The molecule has 16 heteroatoms. The molecule has 2 aliphatic rings. The molecule has 4 N–H and O–H groups in total. The highest BCUT2D eigenvalue weighted by Crippen LogP contribution is 2.29. The third kappa shape index (κ3) is 10.2. The van der Waals surface area contributed by atoms with Crippen molar-refractivity contribution in [2.75, 3.05) is 50.0 Å². The van der Waals surface area contributed by atoms with Crippen LogP contribution in [0.25, 0.3) is 0 Å². The third-order valence-electron chi connectivity index (χ3n) is 6.93. The van der Waals surface area contributed by atoms with Gasteiger partial charge in [0, 0.05) is 43.2 Å². The normalized spacial score (nSPS) is 18.2. The molecule has 6 rings (SSSR count). The van der Waals surface area contributed by atoms with Gasteiger partial charge in [0.05, 0.1) is 37.8 Å². The van der Waals surface area contributed by atoms with Gasteiger partial charge in [0.25, 0.3) is 0 Å². The number of rotatable bonds is 8. The summed E-state index contributed by atoms with van der Waals surface area (Å²) < 4.78 is 78.1. The first-order valence-corrected chi connectivity index (χ1v) is 14.7. The van der Waals surface area contributed by atoms with Crippen molar-refractivity contribution in [1.29, 1.82) is 0 Å². The number of benzene rings is 2. The van der Waals surface area contributed by atoms with Gasteiger partial charge in [-0.1, -0.05) is 24.3 Å². The van der Waals surface area contributed by atoms with Crippen LogP contribution in [0.4, 0.5) is 45.2 Å². The van der Waals surface area contributed by atoms with Crippen LogP contribution in [-0.4, -0.2) is 65.9 Å². The molecule has 0 radical (unpaired) electrons. The molecular formula is C31H33F5N8O3. The molecule has 250 valence electrons. The van der Waals surface area contributed by atoms with Crippen LogP contribution >= 0.6 is 0 Å². The highest BCUT2D eigenvalue weighted by atomic mass is 19.4. The minimum absolute atomic E-state index is 0.0140. The van der Waals surface area contributed by atoms with Gasteiger partial charge in [-0.25, -0.2) is 19.9 Å². The van der Waals surface area contributed by atoms with E-state index in [2.05, 4.69) is 45.9 Å². The fourth-order valence-corrected chi connectivity index (χ4v) is 4.69. The Kier molecular flexibility index (Phi) is 11.4. The molecule has 2 aromatic carbocycles. The summed E-state index contributed by atoms with van der Waals surface area (Å²) in [6, 6.07) is 15.9. The second-order valence-corrected chi connectivity index (χ2v) is 10.5. The van der Waals surface area contributed by atoms with Crippen molar-refractivity contribution >= 4 is 23.3 Å². The molecule has 0 unspecified atom stereocenters. The topological polar surface area (TPSA) is 127 Å². The number of anilines is 4. The molecule has 0 spiro atoms. The van der Waals surface area contributed by atoms with Crippen LogP contribution < -0.4 is 26.0 Å². The van der Waals surface area contributed by atoms with Gasteiger partial charge in [0.1, 0.15) is 5.69 Å². The Balaban J connectivity index is 0.000000185. The van der Waals surface area contributed by atoms with Gasteiger partial charge in [0.2, 0.25) is 11.9 Å². The molecule has 0 aliphatic carbocycles. The van der Waals surface area contributed by atoms with E-state index in [9.17, 15) is 22.0 Å². The maximum absolute atomic E-state index is 12.8. The molecular weight excluding hydrogens is 627 g/mol. The van der Waals surface area contributed by atoms with Crippen LogP contribution in [0.3, 0.4) is 0 Å². The Morgan fingerprint density at radius 3 is 1.74 bits per heavy atom. The molecule has 0 amide bonds. The molecule has 47 heavy (non-hydrogen) atoms. The van der Waals surface area contributed by atoms with Crippen LogP contribution in [0.15, 0.2) is 67.0 Å². The predicted molar refractivity (Wildman–Crippen MR) is 163 cm³/mol. The quantitative estimate of drug-likeness (QED) is 0.174. The monoisotopic (exact) mass is 660 g/mol. The first-order valence-electron chi connectivity index (χ1n) is 14.7. The number of hydrogen-bond donors (Lipinski definition) is 4. The van der Waals surface area contributed by atoms with Gasteiger partial charge in [-0.2, -0.15) is 22.0 Å².